The zero-order chi connectivity index (χ0) is 36.2. The molecular formula is C42H65NO8. The van der Waals surface area contributed by atoms with Crippen LogP contribution >= 0.6 is 0 Å². The van der Waals surface area contributed by atoms with E-state index in [0.29, 0.717) is 72.4 Å². The molecule has 0 saturated carbocycles. The molecule has 0 N–H and O–H groups in total. The highest BCUT2D eigenvalue weighted by Gasteiger charge is 2.29. The minimum Gasteiger partial charge on any atom is -0.463 e. The van der Waals surface area contributed by atoms with Gasteiger partial charge in [0.05, 0.1) is 52.9 Å². The third-order valence-corrected chi connectivity index (χ3v) is 9.31. The maximum atomic E-state index is 12.6. The molecule has 0 atom stereocenters. The number of unbranched alkanes of at least 4 members (excludes halogenated alkanes) is 12. The topological polar surface area (TPSA) is 92.8 Å². The van der Waals surface area contributed by atoms with Gasteiger partial charge in [-0.05, 0) is 28.7 Å². The van der Waals surface area contributed by atoms with E-state index in [2.05, 4.69) is 31.2 Å². The zero-order valence-electron chi connectivity index (χ0n) is 31.6. The molecule has 0 heterocycles. The van der Waals surface area contributed by atoms with Crippen molar-refractivity contribution in [3.8, 4) is 11.1 Å². The molecule has 0 aliphatic heterocycles. The number of rotatable bonds is 31. The monoisotopic (exact) mass is 711 g/mol. The summed E-state index contributed by atoms with van der Waals surface area (Å²) in [4.78, 5) is 26.0. The van der Waals surface area contributed by atoms with Gasteiger partial charge < -0.3 is 33.3 Å². The van der Waals surface area contributed by atoms with Gasteiger partial charge in [0, 0.05) is 25.9 Å². The molecule has 2 aromatic rings. The number of nitrogens with zero attached hydrogens (tertiary/aromatic N) is 1. The normalized spacial score (nSPS) is 12.1. The molecule has 0 bridgehead atoms. The van der Waals surface area contributed by atoms with E-state index in [4.69, 9.17) is 28.4 Å². The Bertz CT molecular complexity index is 1160. The van der Waals surface area contributed by atoms with E-state index >= 15 is 0 Å². The first-order valence-electron chi connectivity index (χ1n) is 19.6. The summed E-state index contributed by atoms with van der Waals surface area (Å²) in [5.41, 5.74) is 4.81. The van der Waals surface area contributed by atoms with E-state index in [-0.39, 0.29) is 24.6 Å². The molecule has 0 unspecified atom stereocenters. The Morgan fingerprint density at radius 3 is 1.49 bits per heavy atom. The smallest absolute Gasteiger partial charge is 0.409 e. The Kier molecular flexibility index (Phi) is 23.0. The summed E-state index contributed by atoms with van der Waals surface area (Å²) in [6.45, 7) is 6.73. The second-order valence-electron chi connectivity index (χ2n) is 13.4. The Hall–Kier alpha value is -2.98. The van der Waals surface area contributed by atoms with Crippen LogP contribution in [0.3, 0.4) is 0 Å². The first kappa shape index (κ1) is 42.4. The molecule has 51 heavy (non-hydrogen) atoms. The highest BCUT2D eigenvalue weighted by molar-refractivity contribution is 5.79. The molecule has 1 aliphatic carbocycles. The minimum atomic E-state index is -0.362. The minimum absolute atomic E-state index is 0.0413. The maximum Gasteiger partial charge on any atom is 0.409 e. The predicted octanol–water partition coefficient (Wildman–Crippen LogP) is 8.96. The van der Waals surface area contributed by atoms with E-state index in [1.165, 1.54) is 97.8 Å². The number of likely N-dealkylation sites (N-methyl/N-ethyl adjacent to an activating group) is 1. The molecule has 9 nitrogen and oxygen atoms in total. The molecule has 2 aromatic carbocycles. The van der Waals surface area contributed by atoms with Gasteiger partial charge in [0.15, 0.2) is 0 Å². The van der Waals surface area contributed by atoms with Gasteiger partial charge in [-0.3, -0.25) is 4.79 Å². The standard InChI is InChI=1S/C42H65NO8/c1-3-4-5-6-7-8-9-10-11-12-13-14-15-24-41(44)50-34-33-49-32-31-48-30-29-47-28-27-46-26-25-43(2)42(45)51-35-40-38-22-18-16-20-36(38)37-21-17-19-23-39(37)40/h16-23,40H,3-15,24-35H2,1-2H3. The molecule has 1 aliphatic rings. The van der Waals surface area contributed by atoms with Crippen molar-refractivity contribution < 1.29 is 38.0 Å². The van der Waals surface area contributed by atoms with E-state index in [1.54, 1.807) is 7.05 Å². The fourth-order valence-corrected chi connectivity index (χ4v) is 6.33. The van der Waals surface area contributed by atoms with Gasteiger partial charge in [0.25, 0.3) is 0 Å². The number of hydrogen-bond acceptors (Lipinski definition) is 8. The van der Waals surface area contributed by atoms with E-state index in [9.17, 15) is 9.59 Å². The summed E-state index contributed by atoms with van der Waals surface area (Å²) in [5, 5.41) is 0. The SMILES string of the molecule is CCCCCCCCCCCCCCCC(=O)OCCOCCOCCOCCOCCN(C)C(=O)OCC1c2ccccc2-c2ccccc21. The fourth-order valence-electron chi connectivity index (χ4n) is 6.33. The molecule has 286 valence electrons. The largest absolute Gasteiger partial charge is 0.463 e. The summed E-state index contributed by atoms with van der Waals surface area (Å²) in [5.74, 6) is -0.0960. The van der Waals surface area contributed by atoms with Crippen LogP contribution in [0.25, 0.3) is 11.1 Å². The Morgan fingerprint density at radius 2 is 0.980 bits per heavy atom. The van der Waals surface area contributed by atoms with Crippen LogP contribution in [0.15, 0.2) is 48.5 Å². The third kappa shape index (κ3) is 17.9. The van der Waals surface area contributed by atoms with Gasteiger partial charge in [-0.25, -0.2) is 4.79 Å². The van der Waals surface area contributed by atoms with Crippen LogP contribution in [-0.4, -0.2) is 96.6 Å². The van der Waals surface area contributed by atoms with Crippen molar-refractivity contribution in [1.29, 1.82) is 0 Å². The highest BCUT2D eigenvalue weighted by atomic mass is 16.6. The van der Waals surface area contributed by atoms with Crippen molar-refractivity contribution in [1.82, 2.24) is 4.90 Å². The number of ether oxygens (including phenoxy) is 6. The number of carbonyl (C=O) groups excluding carboxylic acids is 2. The third-order valence-electron chi connectivity index (χ3n) is 9.31. The van der Waals surface area contributed by atoms with Gasteiger partial charge >= 0.3 is 12.1 Å². The molecule has 0 fully saturated rings. The Morgan fingerprint density at radius 1 is 0.549 bits per heavy atom. The summed E-state index contributed by atoms with van der Waals surface area (Å²) >= 11 is 0. The highest BCUT2D eigenvalue weighted by Crippen LogP contribution is 2.44. The van der Waals surface area contributed by atoms with Crippen molar-refractivity contribution in [2.24, 2.45) is 0 Å². The van der Waals surface area contributed by atoms with Crippen molar-refractivity contribution in [2.45, 2.75) is 103 Å². The summed E-state index contributed by atoms with van der Waals surface area (Å²) < 4.78 is 33.1. The van der Waals surface area contributed by atoms with Gasteiger partial charge in [0.2, 0.25) is 0 Å². The molecule has 0 spiro atoms. The van der Waals surface area contributed by atoms with Crippen LogP contribution in [-0.2, 0) is 33.2 Å². The van der Waals surface area contributed by atoms with Crippen molar-refractivity contribution in [2.75, 3.05) is 79.7 Å². The first-order valence-corrected chi connectivity index (χ1v) is 19.6. The number of fused-ring (bicyclic) bond motifs is 3. The van der Waals surface area contributed by atoms with Gasteiger partial charge in [-0.1, -0.05) is 133 Å². The quantitative estimate of drug-likeness (QED) is 0.0566. The lowest BCUT2D eigenvalue weighted by Crippen LogP contribution is -2.32. The summed E-state index contributed by atoms with van der Waals surface area (Å²) in [7, 11) is 1.72. The van der Waals surface area contributed by atoms with Gasteiger partial charge in [-0.2, -0.15) is 0 Å². The van der Waals surface area contributed by atoms with Crippen LogP contribution < -0.4 is 0 Å². The molecule has 3 rings (SSSR count). The van der Waals surface area contributed by atoms with Gasteiger partial charge in [-0.15, -0.1) is 0 Å². The van der Waals surface area contributed by atoms with Crippen LogP contribution in [0.4, 0.5) is 4.79 Å². The van der Waals surface area contributed by atoms with Crippen LogP contribution in [0, 0.1) is 0 Å². The molecule has 0 saturated heterocycles. The van der Waals surface area contributed by atoms with Crippen LogP contribution in [0.1, 0.15) is 114 Å². The Balaban J connectivity index is 1.02. The Labute approximate surface area is 307 Å². The number of amides is 1. The van der Waals surface area contributed by atoms with Crippen LogP contribution in [0.2, 0.25) is 0 Å². The van der Waals surface area contributed by atoms with E-state index < -0.39 is 0 Å². The molecule has 9 heteroatoms. The summed E-state index contributed by atoms with van der Waals surface area (Å²) in [6, 6.07) is 16.6. The maximum absolute atomic E-state index is 12.6. The molecule has 0 radical (unpaired) electrons. The second kappa shape index (κ2) is 27.6. The number of hydrogen-bond donors (Lipinski definition) is 0. The van der Waals surface area contributed by atoms with Crippen LogP contribution in [0.5, 0.6) is 0 Å². The number of esters is 1. The van der Waals surface area contributed by atoms with E-state index in [1.807, 2.05) is 24.3 Å². The van der Waals surface area contributed by atoms with Crippen molar-refractivity contribution >= 4 is 12.1 Å². The second-order valence-corrected chi connectivity index (χ2v) is 13.4. The summed E-state index contributed by atoms with van der Waals surface area (Å²) in [6.07, 6.45) is 16.9. The number of carbonyl (C=O) groups is 2. The van der Waals surface area contributed by atoms with Crippen molar-refractivity contribution in [3.05, 3.63) is 59.7 Å². The van der Waals surface area contributed by atoms with E-state index in [0.717, 1.165) is 12.8 Å². The average molecular weight is 712 g/mol. The lowest BCUT2D eigenvalue weighted by atomic mass is 9.98. The fraction of sp³-hybridized carbons (Fsp3) is 0.667. The lowest BCUT2D eigenvalue weighted by molar-refractivity contribution is -0.145. The molecule has 0 aromatic heterocycles. The lowest BCUT2D eigenvalue weighted by Gasteiger charge is -2.19. The van der Waals surface area contributed by atoms with Gasteiger partial charge in [0.1, 0.15) is 13.2 Å². The predicted molar refractivity (Wildman–Crippen MR) is 202 cm³/mol. The number of benzene rings is 2. The van der Waals surface area contributed by atoms with Crippen molar-refractivity contribution in [3.63, 3.8) is 0 Å². The first-order chi connectivity index (χ1) is 25.1. The zero-order valence-corrected chi connectivity index (χ0v) is 31.6. The molecule has 1 amide bonds. The molecular weight excluding hydrogens is 646 g/mol. The average Bonchev–Trinajstić information content (AvgIpc) is 3.47.